The van der Waals surface area contributed by atoms with E-state index in [2.05, 4.69) is 24.5 Å². The van der Waals surface area contributed by atoms with Crippen LogP contribution < -0.4 is 10.6 Å². The zero-order chi connectivity index (χ0) is 13.2. The van der Waals surface area contributed by atoms with Crippen LogP contribution in [-0.4, -0.2) is 29.7 Å². The number of aliphatic carboxylic acids is 1. The molecule has 0 spiro atoms. The fourth-order valence-electron chi connectivity index (χ4n) is 1.74. The zero-order valence-corrected chi connectivity index (χ0v) is 10.9. The molecule has 2 amide bonds. The molecule has 0 aromatic rings. The molecular formula is C12H22N2O3. The Bertz CT molecular complexity index is 315. The number of urea groups is 1. The second-order valence-corrected chi connectivity index (χ2v) is 5.66. The zero-order valence-electron chi connectivity index (χ0n) is 10.9. The maximum Gasteiger partial charge on any atom is 0.315 e. The Morgan fingerprint density at radius 1 is 1.41 bits per heavy atom. The molecule has 5 nitrogen and oxygen atoms in total. The molecule has 3 N–H and O–H groups in total. The Hall–Kier alpha value is -1.26. The minimum absolute atomic E-state index is 0.284. The van der Waals surface area contributed by atoms with Crippen LogP contribution in [0.3, 0.4) is 0 Å². The summed E-state index contributed by atoms with van der Waals surface area (Å²) >= 11 is 0. The van der Waals surface area contributed by atoms with E-state index in [1.165, 1.54) is 0 Å². The van der Waals surface area contributed by atoms with E-state index in [1.54, 1.807) is 13.8 Å². The average molecular weight is 242 g/mol. The molecule has 0 saturated heterocycles. The van der Waals surface area contributed by atoms with Gasteiger partial charge in [-0.2, -0.15) is 0 Å². The van der Waals surface area contributed by atoms with Gasteiger partial charge in [-0.25, -0.2) is 4.79 Å². The summed E-state index contributed by atoms with van der Waals surface area (Å²) in [6.07, 6.45) is 1.13. The molecule has 0 aliphatic heterocycles. The van der Waals surface area contributed by atoms with E-state index < -0.39 is 11.9 Å². The van der Waals surface area contributed by atoms with Crippen LogP contribution in [0.15, 0.2) is 0 Å². The van der Waals surface area contributed by atoms with Gasteiger partial charge in [0.2, 0.25) is 0 Å². The number of carboxylic acid groups (broad SMARTS) is 1. The highest BCUT2D eigenvalue weighted by Crippen LogP contribution is 2.50. The number of rotatable bonds is 5. The van der Waals surface area contributed by atoms with Crippen molar-refractivity contribution in [3.8, 4) is 0 Å². The Morgan fingerprint density at radius 3 is 2.35 bits per heavy atom. The largest absolute Gasteiger partial charge is 0.481 e. The lowest BCUT2D eigenvalue weighted by atomic mass is 10.0. The maximum atomic E-state index is 11.5. The predicted octanol–water partition coefficient (Wildman–Crippen LogP) is 1.44. The van der Waals surface area contributed by atoms with Crippen LogP contribution in [0.2, 0.25) is 0 Å². The summed E-state index contributed by atoms with van der Waals surface area (Å²) in [5.41, 5.74) is 0.341. The van der Waals surface area contributed by atoms with Gasteiger partial charge in [0.25, 0.3) is 0 Å². The van der Waals surface area contributed by atoms with Crippen molar-refractivity contribution in [2.45, 2.75) is 40.2 Å². The number of hydrogen-bond donors (Lipinski definition) is 3. The summed E-state index contributed by atoms with van der Waals surface area (Å²) in [7, 11) is 0. The lowest BCUT2D eigenvalue weighted by molar-refractivity contribution is -0.141. The molecule has 1 aliphatic rings. The molecule has 0 aromatic carbocycles. The summed E-state index contributed by atoms with van der Waals surface area (Å²) < 4.78 is 0. The Morgan fingerprint density at radius 2 is 1.94 bits per heavy atom. The van der Waals surface area contributed by atoms with Crippen molar-refractivity contribution >= 4 is 12.0 Å². The van der Waals surface area contributed by atoms with Crippen molar-refractivity contribution < 1.29 is 14.7 Å². The molecule has 5 heteroatoms. The number of nitrogens with one attached hydrogen (secondary N) is 2. The highest BCUT2D eigenvalue weighted by atomic mass is 16.4. The molecule has 1 aliphatic carbocycles. The number of carbonyl (C=O) groups is 2. The van der Waals surface area contributed by atoms with Gasteiger partial charge in [0.15, 0.2) is 0 Å². The smallest absolute Gasteiger partial charge is 0.315 e. The fourth-order valence-corrected chi connectivity index (χ4v) is 1.74. The van der Waals surface area contributed by atoms with Crippen LogP contribution in [0.1, 0.15) is 34.1 Å². The Kier molecular flexibility index (Phi) is 4.01. The van der Waals surface area contributed by atoms with E-state index >= 15 is 0 Å². The van der Waals surface area contributed by atoms with Gasteiger partial charge in [0.05, 0.1) is 5.92 Å². The van der Waals surface area contributed by atoms with Crippen molar-refractivity contribution in [3.05, 3.63) is 0 Å². The Balaban J connectivity index is 2.23. The molecule has 98 valence electrons. The summed E-state index contributed by atoms with van der Waals surface area (Å²) in [5, 5.41) is 14.2. The summed E-state index contributed by atoms with van der Waals surface area (Å²) in [6, 6.07) is -0.659. The molecular weight excluding hydrogens is 220 g/mol. The fraction of sp³-hybridized carbons (Fsp3) is 0.833. The van der Waals surface area contributed by atoms with Gasteiger partial charge >= 0.3 is 12.0 Å². The van der Waals surface area contributed by atoms with Crippen LogP contribution >= 0.6 is 0 Å². The number of amides is 2. The van der Waals surface area contributed by atoms with E-state index in [1.807, 2.05) is 0 Å². The topological polar surface area (TPSA) is 78.4 Å². The Labute approximate surface area is 102 Å². The predicted molar refractivity (Wildman–Crippen MR) is 64.7 cm³/mol. The normalized spacial score (nSPS) is 24.6. The van der Waals surface area contributed by atoms with Crippen molar-refractivity contribution in [1.29, 1.82) is 0 Å². The van der Waals surface area contributed by atoms with E-state index in [4.69, 9.17) is 5.11 Å². The standard InChI is InChI=1S/C12H22N2O3/c1-7(10(15)16)8(2)14-11(17)13-6-9-5-12(9,3)4/h7-9H,5-6H2,1-4H3,(H,15,16)(H2,13,14,17). The molecule has 0 bridgehead atoms. The third-order valence-corrected chi connectivity index (χ3v) is 3.72. The van der Waals surface area contributed by atoms with E-state index in [9.17, 15) is 9.59 Å². The first kappa shape index (κ1) is 13.8. The minimum atomic E-state index is -0.902. The SMILES string of the molecule is CC(NC(=O)NCC1CC1(C)C)C(C)C(=O)O. The van der Waals surface area contributed by atoms with Crippen LogP contribution in [0, 0.1) is 17.3 Å². The highest BCUT2D eigenvalue weighted by molar-refractivity contribution is 5.76. The van der Waals surface area contributed by atoms with E-state index in [-0.39, 0.29) is 12.1 Å². The summed E-state index contributed by atoms with van der Waals surface area (Å²) in [4.78, 5) is 22.2. The van der Waals surface area contributed by atoms with Crippen LogP contribution in [0.4, 0.5) is 4.79 Å². The molecule has 1 rings (SSSR count). The average Bonchev–Trinajstić information content (AvgIpc) is 2.82. The van der Waals surface area contributed by atoms with Gasteiger partial charge < -0.3 is 15.7 Å². The van der Waals surface area contributed by atoms with E-state index in [0.29, 0.717) is 17.9 Å². The maximum absolute atomic E-state index is 11.5. The second kappa shape index (κ2) is 4.94. The molecule has 3 unspecified atom stereocenters. The first-order valence-electron chi connectivity index (χ1n) is 6.01. The lowest BCUT2D eigenvalue weighted by Gasteiger charge is -2.18. The molecule has 0 aromatic heterocycles. The lowest BCUT2D eigenvalue weighted by Crippen LogP contribution is -2.45. The molecule has 1 fully saturated rings. The first-order chi connectivity index (χ1) is 7.74. The van der Waals surface area contributed by atoms with Crippen molar-refractivity contribution in [1.82, 2.24) is 10.6 Å². The van der Waals surface area contributed by atoms with Crippen molar-refractivity contribution in [3.63, 3.8) is 0 Å². The number of hydrogen-bond acceptors (Lipinski definition) is 2. The molecule has 0 radical (unpaired) electrons. The van der Waals surface area contributed by atoms with Gasteiger partial charge in [0, 0.05) is 12.6 Å². The van der Waals surface area contributed by atoms with Crippen LogP contribution in [0.5, 0.6) is 0 Å². The summed E-state index contributed by atoms with van der Waals surface area (Å²) in [5.74, 6) is -0.945. The first-order valence-corrected chi connectivity index (χ1v) is 6.01. The van der Waals surface area contributed by atoms with Crippen molar-refractivity contribution in [2.24, 2.45) is 17.3 Å². The monoisotopic (exact) mass is 242 g/mol. The molecule has 3 atom stereocenters. The van der Waals surface area contributed by atoms with E-state index in [0.717, 1.165) is 6.42 Å². The van der Waals surface area contributed by atoms with Crippen LogP contribution in [0.25, 0.3) is 0 Å². The van der Waals surface area contributed by atoms with Gasteiger partial charge in [-0.05, 0) is 31.6 Å². The third-order valence-electron chi connectivity index (χ3n) is 3.72. The highest BCUT2D eigenvalue weighted by Gasteiger charge is 2.45. The van der Waals surface area contributed by atoms with Crippen molar-refractivity contribution in [2.75, 3.05) is 6.54 Å². The molecule has 1 saturated carbocycles. The third kappa shape index (κ3) is 3.91. The van der Waals surface area contributed by atoms with Gasteiger partial charge in [0.1, 0.15) is 0 Å². The van der Waals surface area contributed by atoms with Crippen LogP contribution in [-0.2, 0) is 4.79 Å². The van der Waals surface area contributed by atoms with Gasteiger partial charge in [-0.1, -0.05) is 13.8 Å². The number of carbonyl (C=O) groups excluding carboxylic acids is 1. The molecule has 0 heterocycles. The number of carboxylic acids is 1. The van der Waals surface area contributed by atoms with Gasteiger partial charge in [-0.15, -0.1) is 0 Å². The van der Waals surface area contributed by atoms with Gasteiger partial charge in [-0.3, -0.25) is 4.79 Å². The second-order valence-electron chi connectivity index (χ2n) is 5.66. The molecule has 17 heavy (non-hydrogen) atoms. The summed E-state index contributed by atoms with van der Waals surface area (Å²) in [6.45, 7) is 8.28. The minimum Gasteiger partial charge on any atom is -0.481 e. The quantitative estimate of drug-likeness (QED) is 0.682.